The summed E-state index contributed by atoms with van der Waals surface area (Å²) < 4.78 is 5.97. The molecule has 0 aliphatic carbocycles. The molecule has 0 radical (unpaired) electrons. The highest BCUT2D eigenvalue weighted by Crippen LogP contribution is 2.27. The normalized spacial score (nSPS) is 19.4. The van der Waals surface area contributed by atoms with Crippen LogP contribution in [0.4, 0.5) is 10.5 Å². The van der Waals surface area contributed by atoms with Gasteiger partial charge in [-0.05, 0) is 61.8 Å². The molecular weight excluding hydrogens is 406 g/mol. The molecule has 3 aliphatic heterocycles. The summed E-state index contributed by atoms with van der Waals surface area (Å²) >= 11 is 0. The lowest BCUT2D eigenvalue weighted by molar-refractivity contribution is -0.140. The lowest BCUT2D eigenvalue weighted by Gasteiger charge is -2.39. The minimum absolute atomic E-state index is 0.0310. The number of carbonyl (C=O) groups is 2. The first-order chi connectivity index (χ1) is 15.6. The van der Waals surface area contributed by atoms with Gasteiger partial charge in [0, 0.05) is 37.1 Å². The second kappa shape index (κ2) is 9.16. The van der Waals surface area contributed by atoms with E-state index in [0.717, 1.165) is 24.5 Å². The van der Waals surface area contributed by atoms with Crippen LogP contribution in [0.2, 0.25) is 0 Å². The Labute approximate surface area is 188 Å². The Kier molecular flexibility index (Phi) is 5.94. The Morgan fingerprint density at radius 3 is 2.44 bits per heavy atom. The standard InChI is InChI=1S/C24H29N5O3/c30-23(17-27-10-1-2-11-27)28-15-22(16-28)32-21-7-5-20(6-8-21)26-24(31)29-13-19(14-29)18-4-3-9-25-12-18/h3-9,12,19,22H,1-2,10-11,13-17H2,(H,26,31). The first-order valence-electron chi connectivity index (χ1n) is 11.4. The predicted octanol–water partition coefficient (Wildman–Crippen LogP) is 2.40. The summed E-state index contributed by atoms with van der Waals surface area (Å²) in [6.07, 6.45) is 6.04. The Balaban J connectivity index is 1.03. The van der Waals surface area contributed by atoms with E-state index in [0.29, 0.717) is 38.6 Å². The number of nitrogens with zero attached hydrogens (tertiary/aromatic N) is 4. The highest BCUT2D eigenvalue weighted by Gasteiger charge is 2.33. The van der Waals surface area contributed by atoms with Gasteiger partial charge in [-0.15, -0.1) is 0 Å². The van der Waals surface area contributed by atoms with Crippen LogP contribution in [0.3, 0.4) is 0 Å². The SMILES string of the molecule is O=C(CN1CCCC1)N1CC(Oc2ccc(NC(=O)N3CC(c4cccnc4)C3)cc2)C1. The van der Waals surface area contributed by atoms with Gasteiger partial charge in [0.2, 0.25) is 5.91 Å². The molecule has 4 heterocycles. The van der Waals surface area contributed by atoms with Crippen LogP contribution in [0.5, 0.6) is 5.75 Å². The largest absolute Gasteiger partial charge is 0.487 e. The van der Waals surface area contributed by atoms with E-state index in [1.807, 2.05) is 41.4 Å². The van der Waals surface area contributed by atoms with Gasteiger partial charge in [-0.1, -0.05) is 6.07 Å². The van der Waals surface area contributed by atoms with Crippen LogP contribution in [0, 0.1) is 0 Å². The Bertz CT molecular complexity index is 934. The van der Waals surface area contributed by atoms with Gasteiger partial charge < -0.3 is 19.9 Å². The predicted molar refractivity (Wildman–Crippen MR) is 121 cm³/mol. The maximum absolute atomic E-state index is 12.4. The lowest BCUT2D eigenvalue weighted by Crippen LogP contribution is -2.58. The van der Waals surface area contributed by atoms with Crippen molar-refractivity contribution in [3.63, 3.8) is 0 Å². The molecule has 32 heavy (non-hydrogen) atoms. The maximum Gasteiger partial charge on any atom is 0.321 e. The monoisotopic (exact) mass is 435 g/mol. The third-order valence-corrected chi connectivity index (χ3v) is 6.49. The number of likely N-dealkylation sites (tertiary alicyclic amines) is 3. The first kappa shape index (κ1) is 20.8. The summed E-state index contributed by atoms with van der Waals surface area (Å²) in [7, 11) is 0. The van der Waals surface area contributed by atoms with Crippen LogP contribution in [-0.4, -0.2) is 83.5 Å². The van der Waals surface area contributed by atoms with Crippen molar-refractivity contribution in [1.29, 1.82) is 0 Å². The summed E-state index contributed by atoms with van der Waals surface area (Å²) in [6.45, 7) is 5.27. The second-order valence-corrected chi connectivity index (χ2v) is 8.86. The minimum atomic E-state index is -0.0926. The molecule has 1 N–H and O–H groups in total. The molecule has 0 saturated carbocycles. The molecule has 0 bridgehead atoms. The Morgan fingerprint density at radius 1 is 1.00 bits per heavy atom. The van der Waals surface area contributed by atoms with Crippen molar-refractivity contribution in [2.75, 3.05) is 51.1 Å². The first-order valence-corrected chi connectivity index (χ1v) is 11.4. The van der Waals surface area contributed by atoms with Gasteiger partial charge in [0.05, 0.1) is 19.6 Å². The molecule has 3 fully saturated rings. The second-order valence-electron chi connectivity index (χ2n) is 8.86. The molecule has 0 unspecified atom stereocenters. The molecule has 5 rings (SSSR count). The van der Waals surface area contributed by atoms with Crippen molar-refractivity contribution in [2.45, 2.75) is 24.9 Å². The summed E-state index contributed by atoms with van der Waals surface area (Å²) in [5, 5.41) is 2.94. The highest BCUT2D eigenvalue weighted by molar-refractivity contribution is 5.90. The van der Waals surface area contributed by atoms with E-state index in [2.05, 4.69) is 21.3 Å². The van der Waals surface area contributed by atoms with E-state index in [1.54, 1.807) is 11.1 Å². The van der Waals surface area contributed by atoms with Crippen LogP contribution in [0.15, 0.2) is 48.8 Å². The molecular formula is C24H29N5O3. The summed E-state index contributed by atoms with van der Waals surface area (Å²) in [5.41, 5.74) is 1.91. The fourth-order valence-electron chi connectivity index (χ4n) is 4.43. The lowest BCUT2D eigenvalue weighted by atomic mass is 9.93. The van der Waals surface area contributed by atoms with Crippen LogP contribution in [0.1, 0.15) is 24.3 Å². The number of hydrogen-bond donors (Lipinski definition) is 1. The third kappa shape index (κ3) is 4.70. The van der Waals surface area contributed by atoms with Crippen molar-refractivity contribution >= 4 is 17.6 Å². The van der Waals surface area contributed by atoms with Gasteiger partial charge in [0.1, 0.15) is 11.9 Å². The molecule has 1 aromatic heterocycles. The van der Waals surface area contributed by atoms with Crippen LogP contribution >= 0.6 is 0 Å². The van der Waals surface area contributed by atoms with Gasteiger partial charge in [0.15, 0.2) is 0 Å². The number of pyridine rings is 1. The van der Waals surface area contributed by atoms with Gasteiger partial charge in [0.25, 0.3) is 0 Å². The van der Waals surface area contributed by atoms with E-state index < -0.39 is 0 Å². The molecule has 3 aliphatic rings. The Hall–Kier alpha value is -3.13. The number of aromatic nitrogens is 1. The number of hydrogen-bond acceptors (Lipinski definition) is 5. The number of amides is 3. The number of anilines is 1. The van der Waals surface area contributed by atoms with Crippen LogP contribution < -0.4 is 10.1 Å². The van der Waals surface area contributed by atoms with Crippen molar-refractivity contribution < 1.29 is 14.3 Å². The molecule has 3 saturated heterocycles. The molecule has 0 atom stereocenters. The van der Waals surface area contributed by atoms with E-state index in [1.165, 1.54) is 18.4 Å². The maximum atomic E-state index is 12.4. The van der Waals surface area contributed by atoms with Crippen molar-refractivity contribution in [3.05, 3.63) is 54.4 Å². The fraction of sp³-hybridized carbons (Fsp3) is 0.458. The quantitative estimate of drug-likeness (QED) is 0.754. The zero-order chi connectivity index (χ0) is 21.9. The topological polar surface area (TPSA) is 78.0 Å². The number of nitrogens with one attached hydrogen (secondary N) is 1. The van der Waals surface area contributed by atoms with Gasteiger partial charge in [-0.3, -0.25) is 14.7 Å². The molecule has 1 aromatic carbocycles. The van der Waals surface area contributed by atoms with Gasteiger partial charge in [-0.2, -0.15) is 0 Å². The number of urea groups is 1. The Morgan fingerprint density at radius 2 is 1.75 bits per heavy atom. The number of benzene rings is 1. The average molecular weight is 436 g/mol. The zero-order valence-corrected chi connectivity index (χ0v) is 18.2. The number of rotatable bonds is 6. The highest BCUT2D eigenvalue weighted by atomic mass is 16.5. The van der Waals surface area contributed by atoms with Crippen LogP contribution in [0.25, 0.3) is 0 Å². The number of carbonyl (C=O) groups excluding carboxylic acids is 2. The summed E-state index contributed by atoms with van der Waals surface area (Å²) in [4.78, 5) is 34.8. The zero-order valence-electron chi connectivity index (χ0n) is 18.2. The van der Waals surface area contributed by atoms with E-state index in [-0.39, 0.29) is 18.0 Å². The van der Waals surface area contributed by atoms with E-state index in [4.69, 9.17) is 4.74 Å². The molecule has 2 aromatic rings. The van der Waals surface area contributed by atoms with Gasteiger partial charge >= 0.3 is 6.03 Å². The molecule has 3 amide bonds. The van der Waals surface area contributed by atoms with Crippen molar-refractivity contribution in [3.8, 4) is 5.75 Å². The minimum Gasteiger partial charge on any atom is -0.487 e. The summed E-state index contributed by atoms with van der Waals surface area (Å²) in [6, 6.07) is 11.3. The molecule has 8 heteroatoms. The van der Waals surface area contributed by atoms with Gasteiger partial charge in [-0.25, -0.2) is 4.79 Å². The average Bonchev–Trinajstić information content (AvgIpc) is 3.24. The fourth-order valence-corrected chi connectivity index (χ4v) is 4.43. The molecule has 8 nitrogen and oxygen atoms in total. The van der Waals surface area contributed by atoms with E-state index >= 15 is 0 Å². The van der Waals surface area contributed by atoms with Crippen LogP contribution in [-0.2, 0) is 4.79 Å². The van der Waals surface area contributed by atoms with E-state index in [9.17, 15) is 9.59 Å². The third-order valence-electron chi connectivity index (χ3n) is 6.49. The molecule has 168 valence electrons. The molecule has 0 spiro atoms. The number of ether oxygens (including phenoxy) is 1. The van der Waals surface area contributed by atoms with Crippen molar-refractivity contribution in [1.82, 2.24) is 19.7 Å². The summed E-state index contributed by atoms with van der Waals surface area (Å²) in [5.74, 6) is 1.30. The van der Waals surface area contributed by atoms with Crippen molar-refractivity contribution in [2.24, 2.45) is 0 Å². The smallest absolute Gasteiger partial charge is 0.321 e.